The molecule has 10 nitrogen and oxygen atoms in total. The number of rotatable bonds is 3. The second-order valence-corrected chi connectivity index (χ2v) is 7.30. The molecule has 1 aromatic heterocycles. The lowest BCUT2D eigenvalue weighted by atomic mass is 9.89. The summed E-state index contributed by atoms with van der Waals surface area (Å²) in [6.07, 6.45) is -7.87. The Morgan fingerprint density at radius 3 is 2.19 bits per heavy atom. The van der Waals surface area contributed by atoms with Crippen molar-refractivity contribution in [3.8, 4) is 28.6 Å². The lowest BCUT2D eigenvalue weighted by Crippen LogP contribution is -2.55. The van der Waals surface area contributed by atoms with E-state index < -0.39 is 54.1 Å². The number of phenolic OH excluding ortho intramolecular Hbond substituents is 3. The summed E-state index contributed by atoms with van der Waals surface area (Å²) in [5, 5.41) is 70.0. The van der Waals surface area contributed by atoms with Crippen LogP contribution in [0.15, 0.2) is 45.6 Å². The van der Waals surface area contributed by atoms with Crippen molar-refractivity contribution < 1.29 is 44.9 Å². The predicted octanol–water partition coefficient (Wildman–Crippen LogP) is 0.0917. The van der Waals surface area contributed by atoms with Crippen molar-refractivity contribution in [3.05, 3.63) is 52.2 Å². The molecule has 7 N–H and O–H groups in total. The predicted molar refractivity (Wildman–Crippen MR) is 106 cm³/mol. The quantitative estimate of drug-likeness (QED) is 0.300. The second kappa shape index (κ2) is 7.84. The highest BCUT2D eigenvalue weighted by Gasteiger charge is 2.46. The highest BCUT2D eigenvalue weighted by atomic mass is 16.5. The van der Waals surface area contributed by atoms with Crippen molar-refractivity contribution in [3.63, 3.8) is 0 Å². The molecule has 3 aromatic rings. The first kappa shape index (κ1) is 21.1. The van der Waals surface area contributed by atoms with Crippen LogP contribution in [0.1, 0.15) is 11.7 Å². The van der Waals surface area contributed by atoms with Crippen LogP contribution in [0, 0.1) is 0 Å². The number of benzene rings is 2. The van der Waals surface area contributed by atoms with Gasteiger partial charge in [-0.3, -0.25) is 4.79 Å². The Balaban J connectivity index is 1.96. The molecule has 0 saturated carbocycles. The van der Waals surface area contributed by atoms with Crippen molar-refractivity contribution in [2.75, 3.05) is 6.61 Å². The molecule has 164 valence electrons. The summed E-state index contributed by atoms with van der Waals surface area (Å²) in [7, 11) is 0. The van der Waals surface area contributed by atoms with Crippen molar-refractivity contribution in [2.45, 2.75) is 30.5 Å². The third kappa shape index (κ3) is 3.50. The summed E-state index contributed by atoms with van der Waals surface area (Å²) in [6, 6.07) is 7.69. The smallest absolute Gasteiger partial charge is 0.197 e. The van der Waals surface area contributed by atoms with Crippen molar-refractivity contribution in [1.29, 1.82) is 0 Å². The van der Waals surface area contributed by atoms with E-state index in [9.17, 15) is 40.5 Å². The van der Waals surface area contributed by atoms with Gasteiger partial charge in [-0.1, -0.05) is 0 Å². The molecule has 0 spiro atoms. The van der Waals surface area contributed by atoms with Gasteiger partial charge in [0.2, 0.25) is 0 Å². The van der Waals surface area contributed by atoms with Crippen LogP contribution in [-0.2, 0) is 4.74 Å². The highest BCUT2D eigenvalue weighted by Crippen LogP contribution is 2.43. The minimum Gasteiger partial charge on any atom is -0.508 e. The Morgan fingerprint density at radius 2 is 1.55 bits per heavy atom. The normalized spacial score (nSPS) is 26.3. The molecule has 4 rings (SSSR count). The third-order valence-electron chi connectivity index (χ3n) is 5.33. The van der Waals surface area contributed by atoms with Gasteiger partial charge < -0.3 is 44.9 Å². The van der Waals surface area contributed by atoms with E-state index in [1.807, 2.05) is 0 Å². The summed E-state index contributed by atoms with van der Waals surface area (Å²) in [4.78, 5) is 12.7. The van der Waals surface area contributed by atoms with Gasteiger partial charge in [0, 0.05) is 17.7 Å². The minimum atomic E-state index is -1.75. The molecule has 31 heavy (non-hydrogen) atoms. The number of hydrogen-bond donors (Lipinski definition) is 7. The first-order chi connectivity index (χ1) is 14.7. The van der Waals surface area contributed by atoms with E-state index in [1.165, 1.54) is 24.3 Å². The molecule has 10 heteroatoms. The van der Waals surface area contributed by atoms with Gasteiger partial charge in [0.15, 0.2) is 11.0 Å². The van der Waals surface area contributed by atoms with Crippen molar-refractivity contribution in [1.82, 2.24) is 0 Å². The number of ether oxygens (including phenoxy) is 1. The zero-order valence-corrected chi connectivity index (χ0v) is 15.9. The van der Waals surface area contributed by atoms with E-state index in [1.54, 1.807) is 0 Å². The van der Waals surface area contributed by atoms with Crippen LogP contribution < -0.4 is 5.43 Å². The molecule has 0 amide bonds. The molecule has 1 aliphatic rings. The molecule has 1 fully saturated rings. The molecular weight excluding hydrogens is 412 g/mol. The lowest BCUT2D eigenvalue weighted by molar-refractivity contribution is -0.231. The Kier molecular flexibility index (Phi) is 5.33. The standard InChI is InChI=1S/C21H20O10/c22-7-14-17(27)18(28)19(29)21(31-14)16-11(25)5-10(24)15-12(26)6-13(30-20(15)16)8-1-3-9(23)4-2-8/h1-6,14,17-19,21-25,27-29H,7H2/t14?,17-,18+,19+,21-/m0/s1. The maximum Gasteiger partial charge on any atom is 0.197 e. The van der Waals surface area contributed by atoms with Crippen molar-refractivity contribution >= 4 is 11.0 Å². The van der Waals surface area contributed by atoms with E-state index in [4.69, 9.17) is 9.15 Å². The van der Waals surface area contributed by atoms with Crippen LogP contribution in [0.4, 0.5) is 0 Å². The van der Waals surface area contributed by atoms with Gasteiger partial charge >= 0.3 is 0 Å². The highest BCUT2D eigenvalue weighted by molar-refractivity contribution is 5.89. The van der Waals surface area contributed by atoms with E-state index >= 15 is 0 Å². The maximum atomic E-state index is 12.7. The van der Waals surface area contributed by atoms with Crippen LogP contribution >= 0.6 is 0 Å². The van der Waals surface area contributed by atoms with Gasteiger partial charge in [0.1, 0.15) is 58.9 Å². The number of fused-ring (bicyclic) bond motifs is 1. The van der Waals surface area contributed by atoms with Crippen LogP contribution in [0.2, 0.25) is 0 Å². The van der Waals surface area contributed by atoms with Gasteiger partial charge in [-0.25, -0.2) is 0 Å². The zero-order chi connectivity index (χ0) is 22.4. The fourth-order valence-corrected chi connectivity index (χ4v) is 3.70. The summed E-state index contributed by atoms with van der Waals surface area (Å²) in [6.45, 7) is -0.694. The van der Waals surface area contributed by atoms with Crippen LogP contribution in [-0.4, -0.2) is 66.8 Å². The number of aliphatic hydroxyl groups excluding tert-OH is 4. The average molecular weight is 432 g/mol. The van der Waals surface area contributed by atoms with Gasteiger partial charge in [-0.2, -0.15) is 0 Å². The van der Waals surface area contributed by atoms with Gasteiger partial charge in [-0.05, 0) is 24.3 Å². The van der Waals surface area contributed by atoms with Gasteiger partial charge in [0.25, 0.3) is 0 Å². The van der Waals surface area contributed by atoms with Crippen LogP contribution in [0.5, 0.6) is 17.2 Å². The van der Waals surface area contributed by atoms with E-state index in [0.29, 0.717) is 5.56 Å². The summed E-state index contributed by atoms with van der Waals surface area (Å²) in [5.41, 5.74) is -0.813. The first-order valence-corrected chi connectivity index (χ1v) is 9.35. The third-order valence-corrected chi connectivity index (χ3v) is 5.33. The lowest BCUT2D eigenvalue weighted by Gasteiger charge is -2.40. The Hall–Kier alpha value is -3.15. The minimum absolute atomic E-state index is 0.0100. The summed E-state index contributed by atoms with van der Waals surface area (Å²) >= 11 is 0. The number of hydrogen-bond acceptors (Lipinski definition) is 10. The Morgan fingerprint density at radius 1 is 0.871 bits per heavy atom. The zero-order valence-electron chi connectivity index (χ0n) is 15.9. The fraction of sp³-hybridized carbons (Fsp3) is 0.286. The molecular formula is C21H20O10. The topological polar surface area (TPSA) is 181 Å². The monoisotopic (exact) mass is 432 g/mol. The number of phenols is 3. The van der Waals surface area contributed by atoms with Gasteiger partial charge in [0.05, 0.1) is 12.2 Å². The molecule has 1 unspecified atom stereocenters. The van der Waals surface area contributed by atoms with Gasteiger partial charge in [-0.15, -0.1) is 0 Å². The molecule has 1 saturated heterocycles. The average Bonchev–Trinajstić information content (AvgIpc) is 2.73. The van der Waals surface area contributed by atoms with E-state index in [2.05, 4.69) is 0 Å². The van der Waals surface area contributed by atoms with Crippen LogP contribution in [0.3, 0.4) is 0 Å². The fourth-order valence-electron chi connectivity index (χ4n) is 3.70. The SMILES string of the molecule is O=c1cc(-c2ccc(O)cc2)oc2c([C@@H]3OC(CO)[C@H](O)[C@@H](O)[C@H]3O)c(O)cc(O)c12. The molecule has 2 heterocycles. The number of aliphatic hydroxyl groups is 4. The molecule has 0 aliphatic carbocycles. The molecule has 1 aliphatic heterocycles. The Bertz CT molecular complexity index is 1170. The first-order valence-electron chi connectivity index (χ1n) is 9.35. The molecule has 0 radical (unpaired) electrons. The largest absolute Gasteiger partial charge is 0.508 e. The number of aromatic hydroxyl groups is 3. The summed E-state index contributed by atoms with van der Waals surface area (Å²) in [5.74, 6) is -1.15. The molecule has 0 bridgehead atoms. The maximum absolute atomic E-state index is 12.7. The molecule has 5 atom stereocenters. The van der Waals surface area contributed by atoms with Crippen molar-refractivity contribution in [2.24, 2.45) is 0 Å². The van der Waals surface area contributed by atoms with Crippen LogP contribution in [0.25, 0.3) is 22.3 Å². The molecule has 2 aromatic carbocycles. The van der Waals surface area contributed by atoms with E-state index in [0.717, 1.165) is 12.1 Å². The summed E-state index contributed by atoms with van der Waals surface area (Å²) < 4.78 is 11.3. The second-order valence-electron chi connectivity index (χ2n) is 7.30. The Labute approximate surface area is 174 Å². The van der Waals surface area contributed by atoms with E-state index in [-0.39, 0.29) is 28.0 Å².